The Balaban J connectivity index is 1.49. The van der Waals surface area contributed by atoms with Gasteiger partial charge in [-0.05, 0) is 116 Å². The molecule has 0 saturated heterocycles. The highest BCUT2D eigenvalue weighted by Crippen LogP contribution is 2.69. The highest BCUT2D eigenvalue weighted by atomic mass is 35.5. The van der Waals surface area contributed by atoms with Crippen LogP contribution in [0.2, 0.25) is 0 Å². The summed E-state index contributed by atoms with van der Waals surface area (Å²) in [7, 11) is 0. The molecule has 0 aromatic carbocycles. The van der Waals surface area contributed by atoms with E-state index in [9.17, 15) is 5.11 Å². The van der Waals surface area contributed by atoms with E-state index in [1.807, 2.05) is 0 Å². The summed E-state index contributed by atoms with van der Waals surface area (Å²) in [6.45, 7) is 16.6. The van der Waals surface area contributed by atoms with Gasteiger partial charge in [-0.1, -0.05) is 72.1 Å². The van der Waals surface area contributed by atoms with Crippen molar-refractivity contribution in [3.8, 4) is 0 Å². The van der Waals surface area contributed by atoms with Crippen LogP contribution in [0.4, 0.5) is 0 Å². The maximum Gasteiger partial charge on any atom is 0.0575 e. The van der Waals surface area contributed by atoms with E-state index in [1.54, 1.807) is 0 Å². The van der Waals surface area contributed by atoms with Crippen LogP contribution in [0.15, 0.2) is 11.6 Å². The van der Waals surface area contributed by atoms with Crippen molar-refractivity contribution >= 4 is 11.6 Å². The van der Waals surface area contributed by atoms with E-state index < -0.39 is 0 Å². The van der Waals surface area contributed by atoms with Crippen molar-refractivity contribution in [2.24, 2.45) is 58.2 Å². The van der Waals surface area contributed by atoms with Gasteiger partial charge in [0, 0.05) is 5.03 Å². The van der Waals surface area contributed by atoms with E-state index in [0.29, 0.717) is 22.7 Å². The number of halogens is 1. The van der Waals surface area contributed by atoms with Gasteiger partial charge in [-0.15, -0.1) is 0 Å². The van der Waals surface area contributed by atoms with Gasteiger partial charge in [0.2, 0.25) is 0 Å². The van der Waals surface area contributed by atoms with Crippen LogP contribution in [-0.4, -0.2) is 11.2 Å². The Bertz CT molecular complexity index is 672. The zero-order valence-electron chi connectivity index (χ0n) is 21.7. The van der Waals surface area contributed by atoms with E-state index >= 15 is 0 Å². The Hall–Kier alpha value is -0.0100. The Morgan fingerprint density at radius 2 is 1.56 bits per heavy atom. The van der Waals surface area contributed by atoms with Crippen LogP contribution in [0.25, 0.3) is 0 Å². The van der Waals surface area contributed by atoms with Crippen molar-refractivity contribution < 1.29 is 5.11 Å². The van der Waals surface area contributed by atoms with E-state index in [1.165, 1.54) is 64.2 Å². The second kappa shape index (κ2) is 9.56. The van der Waals surface area contributed by atoms with Gasteiger partial charge in [-0.3, -0.25) is 0 Å². The van der Waals surface area contributed by atoms with Crippen LogP contribution in [0.3, 0.4) is 0 Å². The molecule has 4 unspecified atom stereocenters. The molecule has 0 spiro atoms. The zero-order chi connectivity index (χ0) is 23.3. The number of hydrogen-bond donors (Lipinski definition) is 1. The summed E-state index contributed by atoms with van der Waals surface area (Å²) < 4.78 is 0. The number of hydrogen-bond acceptors (Lipinski definition) is 1. The molecule has 0 aliphatic heterocycles. The SMILES string of the molecule is C=C(Cl)C[C@H]1C2CCC3C(CC[C@@]4(C)C3CC[C@@H]4[C@H](C)CCCC(C)C)[C@@]2(C)CC[C@@H]1O. The lowest BCUT2D eigenvalue weighted by Crippen LogP contribution is -2.56. The minimum atomic E-state index is -0.184. The molecule has 4 fully saturated rings. The predicted octanol–water partition coefficient (Wildman–Crippen LogP) is 8.84. The van der Waals surface area contributed by atoms with E-state index in [4.69, 9.17) is 11.6 Å². The highest BCUT2D eigenvalue weighted by Gasteiger charge is 2.61. The van der Waals surface area contributed by atoms with E-state index in [0.717, 1.165) is 53.4 Å². The molecule has 1 nitrogen and oxygen atoms in total. The third kappa shape index (κ3) is 4.36. The summed E-state index contributed by atoms with van der Waals surface area (Å²) in [5.41, 5.74) is 0.959. The summed E-state index contributed by atoms with van der Waals surface area (Å²) >= 11 is 6.28. The molecule has 184 valence electrons. The quantitative estimate of drug-likeness (QED) is 0.400. The first kappa shape index (κ1) is 25.1. The first-order chi connectivity index (χ1) is 15.1. The minimum absolute atomic E-state index is 0.184. The number of rotatable bonds is 7. The van der Waals surface area contributed by atoms with Crippen molar-refractivity contribution in [1.29, 1.82) is 0 Å². The Morgan fingerprint density at radius 3 is 2.25 bits per heavy atom. The molecular weight excluding hydrogens is 412 g/mol. The largest absolute Gasteiger partial charge is 0.393 e. The van der Waals surface area contributed by atoms with Gasteiger partial charge in [-0.25, -0.2) is 0 Å². The van der Waals surface area contributed by atoms with Crippen molar-refractivity contribution in [3.05, 3.63) is 11.6 Å². The fourth-order valence-electron chi connectivity index (χ4n) is 10.1. The second-order valence-electron chi connectivity index (χ2n) is 13.6. The summed E-state index contributed by atoms with van der Waals surface area (Å²) in [6.07, 6.45) is 15.5. The molecule has 4 rings (SSSR count). The van der Waals surface area contributed by atoms with Crippen LogP contribution in [0.5, 0.6) is 0 Å². The van der Waals surface area contributed by atoms with Crippen LogP contribution < -0.4 is 0 Å². The first-order valence-electron chi connectivity index (χ1n) is 14.1. The molecule has 4 aliphatic rings. The molecule has 0 radical (unpaired) electrons. The summed E-state index contributed by atoms with van der Waals surface area (Å²) in [5, 5.41) is 11.6. The van der Waals surface area contributed by atoms with Crippen LogP contribution in [-0.2, 0) is 0 Å². The van der Waals surface area contributed by atoms with Crippen LogP contribution in [0, 0.1) is 58.2 Å². The smallest absolute Gasteiger partial charge is 0.0575 e. The maximum atomic E-state index is 10.9. The number of fused-ring (bicyclic) bond motifs is 5. The molecule has 0 aromatic rings. The van der Waals surface area contributed by atoms with Crippen molar-refractivity contribution in [1.82, 2.24) is 0 Å². The molecule has 32 heavy (non-hydrogen) atoms. The lowest BCUT2D eigenvalue weighted by Gasteiger charge is -2.63. The molecule has 1 N–H and O–H groups in total. The van der Waals surface area contributed by atoms with Gasteiger partial charge in [0.25, 0.3) is 0 Å². The monoisotopic (exact) mass is 462 g/mol. The highest BCUT2D eigenvalue weighted by molar-refractivity contribution is 6.29. The summed E-state index contributed by atoms with van der Waals surface area (Å²) in [4.78, 5) is 0. The molecule has 0 aromatic heterocycles. The number of aliphatic hydroxyl groups is 1. The predicted molar refractivity (Wildman–Crippen MR) is 138 cm³/mol. The standard InChI is InChI=1S/C30H51ClO/c1-19(2)8-7-9-20(3)24-12-13-25-22-10-11-26-23(18-21(4)31)28(32)15-17-30(26,6)27(22)14-16-29(24,25)5/h19-20,22-28,32H,4,7-18H2,1-3,5-6H3/t20-,22?,23+,24-,25?,26?,27?,28+,29-,30+/m1/s1. The molecule has 4 aliphatic carbocycles. The van der Waals surface area contributed by atoms with E-state index in [2.05, 4.69) is 41.2 Å². The molecule has 0 heterocycles. The van der Waals surface area contributed by atoms with Gasteiger partial charge in [0.15, 0.2) is 0 Å². The zero-order valence-corrected chi connectivity index (χ0v) is 22.5. The second-order valence-corrected chi connectivity index (χ2v) is 14.1. The first-order valence-corrected chi connectivity index (χ1v) is 14.5. The summed E-state index contributed by atoms with van der Waals surface area (Å²) in [5.74, 6) is 6.32. The lowest BCUT2D eigenvalue weighted by molar-refractivity contribution is -0.152. The van der Waals surface area contributed by atoms with Gasteiger partial charge in [-0.2, -0.15) is 0 Å². The fourth-order valence-corrected chi connectivity index (χ4v) is 10.2. The molecule has 0 amide bonds. The van der Waals surface area contributed by atoms with E-state index in [-0.39, 0.29) is 6.10 Å². The number of aliphatic hydroxyl groups excluding tert-OH is 1. The van der Waals surface area contributed by atoms with Gasteiger partial charge in [0.05, 0.1) is 6.10 Å². The molecule has 0 bridgehead atoms. The molecule has 10 atom stereocenters. The van der Waals surface area contributed by atoms with Gasteiger partial charge >= 0.3 is 0 Å². The van der Waals surface area contributed by atoms with Crippen LogP contribution in [0.1, 0.15) is 112 Å². The minimum Gasteiger partial charge on any atom is -0.393 e. The van der Waals surface area contributed by atoms with Crippen molar-refractivity contribution in [3.63, 3.8) is 0 Å². The Labute approximate surface area is 204 Å². The van der Waals surface area contributed by atoms with Crippen molar-refractivity contribution in [2.75, 3.05) is 0 Å². The maximum absolute atomic E-state index is 10.9. The third-order valence-electron chi connectivity index (χ3n) is 11.6. The fraction of sp³-hybridized carbons (Fsp3) is 0.933. The average molecular weight is 463 g/mol. The average Bonchev–Trinajstić information content (AvgIpc) is 3.07. The molecule has 2 heteroatoms. The lowest BCUT2D eigenvalue weighted by atomic mass is 9.43. The Morgan fingerprint density at radius 1 is 0.906 bits per heavy atom. The van der Waals surface area contributed by atoms with Crippen molar-refractivity contribution in [2.45, 2.75) is 118 Å². The van der Waals surface area contributed by atoms with Gasteiger partial charge < -0.3 is 5.11 Å². The van der Waals surface area contributed by atoms with Crippen LogP contribution >= 0.6 is 11.6 Å². The third-order valence-corrected chi connectivity index (χ3v) is 11.7. The molecular formula is C30H51ClO. The molecule has 4 saturated carbocycles. The Kier molecular flexibility index (Phi) is 7.50. The summed E-state index contributed by atoms with van der Waals surface area (Å²) in [6, 6.07) is 0. The number of allylic oxidation sites excluding steroid dienone is 1. The normalized spacial score (nSPS) is 46.9. The van der Waals surface area contributed by atoms with Gasteiger partial charge in [0.1, 0.15) is 0 Å². The topological polar surface area (TPSA) is 20.2 Å².